The summed E-state index contributed by atoms with van der Waals surface area (Å²) in [6, 6.07) is 2.31. The summed E-state index contributed by atoms with van der Waals surface area (Å²) >= 11 is 0. The fraction of sp³-hybridized carbons (Fsp3) is 0.455. The predicted octanol–water partition coefficient (Wildman–Crippen LogP) is 2.21. The first-order valence-electron chi connectivity index (χ1n) is 5.19. The van der Waals surface area contributed by atoms with Crippen LogP contribution >= 0.6 is 0 Å². The van der Waals surface area contributed by atoms with Crippen LogP contribution in [0.25, 0.3) is 0 Å². The molecule has 0 amide bonds. The summed E-state index contributed by atoms with van der Waals surface area (Å²) in [6.45, 7) is 1.23. The van der Waals surface area contributed by atoms with Crippen molar-refractivity contribution in [3.8, 4) is 0 Å². The largest absolute Gasteiger partial charge is 0.385 e. The molecule has 2 N–H and O–H groups in total. The van der Waals surface area contributed by atoms with Crippen molar-refractivity contribution in [3.63, 3.8) is 0 Å². The van der Waals surface area contributed by atoms with Crippen molar-refractivity contribution in [2.24, 2.45) is 0 Å². The molecule has 0 fully saturated rings. The number of benzene rings is 1. The molecule has 1 heterocycles. The van der Waals surface area contributed by atoms with Crippen molar-refractivity contribution in [2.75, 3.05) is 30.9 Å². The van der Waals surface area contributed by atoms with Crippen molar-refractivity contribution < 1.29 is 13.5 Å². The van der Waals surface area contributed by atoms with Crippen LogP contribution in [0.2, 0.25) is 0 Å². The monoisotopic (exact) mass is 228 g/mol. The van der Waals surface area contributed by atoms with Gasteiger partial charge in [0.15, 0.2) is 5.82 Å². The van der Waals surface area contributed by atoms with E-state index in [0.29, 0.717) is 24.5 Å². The van der Waals surface area contributed by atoms with Crippen molar-refractivity contribution in [1.29, 1.82) is 0 Å². The summed E-state index contributed by atoms with van der Waals surface area (Å²) in [5, 5.41) is 6.05. The van der Waals surface area contributed by atoms with E-state index in [1.54, 1.807) is 7.11 Å². The molecule has 1 aliphatic heterocycles. The molecule has 0 radical (unpaired) electrons. The molecule has 3 nitrogen and oxygen atoms in total. The number of ether oxygens (including phenoxy) is 1. The number of fused-ring (bicyclic) bond motifs is 1. The number of methoxy groups -OCH3 is 1. The number of anilines is 2. The van der Waals surface area contributed by atoms with E-state index in [1.165, 1.54) is 6.07 Å². The molecule has 1 aliphatic rings. The lowest BCUT2D eigenvalue weighted by atomic mass is 10.1. The second-order valence-electron chi connectivity index (χ2n) is 3.81. The van der Waals surface area contributed by atoms with Crippen molar-refractivity contribution >= 4 is 11.4 Å². The van der Waals surface area contributed by atoms with Gasteiger partial charge in [0.25, 0.3) is 0 Å². The van der Waals surface area contributed by atoms with Gasteiger partial charge < -0.3 is 15.4 Å². The predicted molar refractivity (Wildman–Crippen MR) is 58.8 cm³/mol. The lowest BCUT2D eigenvalue weighted by Crippen LogP contribution is -2.34. The van der Waals surface area contributed by atoms with E-state index >= 15 is 0 Å². The van der Waals surface area contributed by atoms with Crippen molar-refractivity contribution in [2.45, 2.75) is 12.5 Å². The van der Waals surface area contributed by atoms with Crippen LogP contribution in [0.1, 0.15) is 6.42 Å². The zero-order valence-corrected chi connectivity index (χ0v) is 9.02. The molecule has 0 aromatic heterocycles. The van der Waals surface area contributed by atoms with Gasteiger partial charge in [0.2, 0.25) is 0 Å². The number of hydrogen-bond donors (Lipinski definition) is 2. The van der Waals surface area contributed by atoms with Crippen LogP contribution < -0.4 is 10.6 Å². The molecule has 0 aliphatic carbocycles. The van der Waals surface area contributed by atoms with Gasteiger partial charge in [-0.2, -0.15) is 0 Å². The van der Waals surface area contributed by atoms with Gasteiger partial charge in [0.1, 0.15) is 5.82 Å². The Morgan fingerprint density at radius 1 is 1.44 bits per heavy atom. The molecular weight excluding hydrogens is 214 g/mol. The Labute approximate surface area is 92.8 Å². The summed E-state index contributed by atoms with van der Waals surface area (Å²) < 4.78 is 31.3. The highest BCUT2D eigenvalue weighted by molar-refractivity contribution is 5.72. The van der Waals surface area contributed by atoms with E-state index < -0.39 is 11.6 Å². The quantitative estimate of drug-likeness (QED) is 0.832. The van der Waals surface area contributed by atoms with E-state index in [4.69, 9.17) is 4.74 Å². The molecule has 16 heavy (non-hydrogen) atoms. The fourth-order valence-electron chi connectivity index (χ4n) is 1.80. The Morgan fingerprint density at radius 2 is 2.25 bits per heavy atom. The minimum absolute atomic E-state index is 0.133. The van der Waals surface area contributed by atoms with Gasteiger partial charge in [-0.25, -0.2) is 8.78 Å². The third-order valence-corrected chi connectivity index (χ3v) is 2.61. The van der Waals surface area contributed by atoms with Gasteiger partial charge in [0, 0.05) is 32.4 Å². The average Bonchev–Trinajstić information content (AvgIpc) is 2.25. The molecule has 0 saturated carbocycles. The molecule has 1 aromatic carbocycles. The Hall–Kier alpha value is -1.36. The molecule has 0 saturated heterocycles. The number of halogens is 2. The first kappa shape index (κ1) is 11.1. The van der Waals surface area contributed by atoms with E-state index in [9.17, 15) is 8.78 Å². The van der Waals surface area contributed by atoms with E-state index in [2.05, 4.69) is 10.6 Å². The van der Waals surface area contributed by atoms with Crippen LogP contribution in [0.3, 0.4) is 0 Å². The van der Waals surface area contributed by atoms with E-state index in [1.807, 2.05) is 0 Å². The van der Waals surface area contributed by atoms with Gasteiger partial charge in [-0.1, -0.05) is 0 Å². The topological polar surface area (TPSA) is 33.3 Å². The normalized spacial score (nSPS) is 18.6. The molecule has 1 aromatic rings. The number of nitrogens with one attached hydrogen (secondary N) is 2. The maximum Gasteiger partial charge on any atom is 0.151 e. The zero-order chi connectivity index (χ0) is 11.5. The minimum Gasteiger partial charge on any atom is -0.385 e. The van der Waals surface area contributed by atoms with Crippen LogP contribution in [0.15, 0.2) is 12.1 Å². The molecule has 2 rings (SSSR count). The summed E-state index contributed by atoms with van der Waals surface area (Å²) in [4.78, 5) is 0. The van der Waals surface area contributed by atoms with Crippen LogP contribution in [0, 0.1) is 11.6 Å². The Kier molecular flexibility index (Phi) is 3.24. The van der Waals surface area contributed by atoms with Crippen LogP contribution in [0.4, 0.5) is 20.2 Å². The molecular formula is C11H14F2N2O. The maximum atomic E-state index is 13.3. The summed E-state index contributed by atoms with van der Waals surface area (Å²) in [7, 11) is 1.63. The van der Waals surface area contributed by atoms with Gasteiger partial charge >= 0.3 is 0 Å². The average molecular weight is 228 g/mol. The van der Waals surface area contributed by atoms with Crippen molar-refractivity contribution in [3.05, 3.63) is 23.8 Å². The lowest BCUT2D eigenvalue weighted by molar-refractivity contribution is 0.190. The second kappa shape index (κ2) is 4.65. The third-order valence-electron chi connectivity index (χ3n) is 2.61. The third kappa shape index (κ3) is 2.24. The Morgan fingerprint density at radius 3 is 3.00 bits per heavy atom. The molecule has 1 unspecified atom stereocenters. The Bertz CT molecular complexity index is 384. The van der Waals surface area contributed by atoms with E-state index in [0.717, 1.165) is 12.5 Å². The number of rotatable bonds is 3. The highest BCUT2D eigenvalue weighted by Crippen LogP contribution is 2.30. The standard InChI is InChI=1S/C11H14F2N2O/c1-16-3-2-8-6-14-11-9(13)4-7(12)5-10(11)15-8/h4-5,8,14-15H,2-3,6H2,1H3. The van der Waals surface area contributed by atoms with Crippen LogP contribution in [-0.4, -0.2) is 26.3 Å². The fourth-order valence-corrected chi connectivity index (χ4v) is 1.80. The molecule has 1 atom stereocenters. The first-order chi connectivity index (χ1) is 7.70. The highest BCUT2D eigenvalue weighted by atomic mass is 19.1. The van der Waals surface area contributed by atoms with Crippen molar-refractivity contribution in [1.82, 2.24) is 0 Å². The second-order valence-corrected chi connectivity index (χ2v) is 3.81. The van der Waals surface area contributed by atoms with E-state index in [-0.39, 0.29) is 6.04 Å². The molecule has 0 spiro atoms. The van der Waals surface area contributed by atoms with Gasteiger partial charge in [-0.05, 0) is 12.5 Å². The molecule has 0 bridgehead atoms. The SMILES string of the molecule is COCCC1CNc2c(F)cc(F)cc2N1. The highest BCUT2D eigenvalue weighted by Gasteiger charge is 2.20. The van der Waals surface area contributed by atoms with Gasteiger partial charge in [-0.15, -0.1) is 0 Å². The van der Waals surface area contributed by atoms with Crippen LogP contribution in [-0.2, 0) is 4.74 Å². The lowest BCUT2D eigenvalue weighted by Gasteiger charge is -2.28. The Balaban J connectivity index is 2.13. The first-order valence-corrected chi connectivity index (χ1v) is 5.19. The molecule has 5 heteroatoms. The zero-order valence-electron chi connectivity index (χ0n) is 9.02. The molecule has 88 valence electrons. The summed E-state index contributed by atoms with van der Waals surface area (Å²) in [6.07, 6.45) is 0.793. The smallest absolute Gasteiger partial charge is 0.151 e. The van der Waals surface area contributed by atoms with Gasteiger partial charge in [-0.3, -0.25) is 0 Å². The van der Waals surface area contributed by atoms with Crippen LogP contribution in [0.5, 0.6) is 0 Å². The minimum atomic E-state index is -0.571. The summed E-state index contributed by atoms with van der Waals surface area (Å²) in [5.41, 5.74) is 0.819. The maximum absolute atomic E-state index is 13.3. The summed E-state index contributed by atoms with van der Waals surface area (Å²) in [5.74, 6) is -1.13. The number of hydrogen-bond acceptors (Lipinski definition) is 3. The van der Waals surface area contributed by atoms with Gasteiger partial charge in [0.05, 0.1) is 11.4 Å².